The Bertz CT molecular complexity index is 467. The van der Waals surface area contributed by atoms with E-state index in [1.165, 1.54) is 0 Å². The second-order valence-electron chi connectivity index (χ2n) is 5.97. The monoisotopic (exact) mass is 526 g/mol. The number of hydrogen-bond acceptors (Lipinski definition) is 16. The molecule has 18 nitrogen and oxygen atoms in total. The number of aliphatic hydroxyl groups is 12. The number of carbonyl (C=O) groups excluding carboxylic acids is 2. The van der Waals surface area contributed by atoms with Crippen molar-refractivity contribution in [3.05, 3.63) is 0 Å². The Hall–Kier alpha value is -0.360. The molecule has 0 fully saturated rings. The van der Waals surface area contributed by atoms with Gasteiger partial charge in [-0.2, -0.15) is 0 Å². The van der Waals surface area contributed by atoms with E-state index >= 15 is 0 Å². The van der Waals surface area contributed by atoms with E-state index in [1.54, 1.807) is 0 Å². The molecule has 0 rings (SSSR count). The van der Waals surface area contributed by atoms with E-state index in [9.17, 15) is 19.8 Å². The average Bonchev–Trinajstić information content (AvgIpc) is 2.73. The van der Waals surface area contributed by atoms with Gasteiger partial charge in [-0.1, -0.05) is 0 Å². The van der Waals surface area contributed by atoms with Crippen LogP contribution in [0.1, 0.15) is 0 Å². The van der Waals surface area contributed by atoms with Crippen molar-refractivity contribution in [2.75, 3.05) is 13.2 Å². The summed E-state index contributed by atoms with van der Waals surface area (Å²) in [5.74, 6) is -4.07. The number of carboxylic acids is 2. The van der Waals surface area contributed by atoms with Crippen molar-refractivity contribution < 1.29 is 92.0 Å². The second kappa shape index (κ2) is 21.0. The van der Waals surface area contributed by atoms with Crippen molar-refractivity contribution >= 4 is 49.7 Å². The summed E-state index contributed by atoms with van der Waals surface area (Å²) in [6.45, 7) is -1.79. The Balaban J connectivity index is -0.000000145. The SMILES string of the molecule is O.O.O=C([O-])C(O)C(O)C(O)C(O)C(O)CO.O=C([O-])C(O)C(O)C(O)C(O)C(O)CO.[Ca+2]. The third-order valence-corrected chi connectivity index (χ3v) is 3.69. The van der Waals surface area contributed by atoms with E-state index in [0.717, 1.165) is 0 Å². The van der Waals surface area contributed by atoms with E-state index in [1.807, 2.05) is 0 Å². The van der Waals surface area contributed by atoms with Crippen molar-refractivity contribution in [1.82, 2.24) is 0 Å². The summed E-state index contributed by atoms with van der Waals surface area (Å²) in [5, 5.41) is 126. The van der Waals surface area contributed by atoms with Gasteiger partial charge in [0.05, 0.1) is 25.2 Å². The summed E-state index contributed by atoms with van der Waals surface area (Å²) in [6.07, 6.45) is -21.0. The molecule has 0 aliphatic carbocycles. The number of carboxylic acid groups (broad SMARTS) is 2. The molecule has 0 radical (unpaired) electrons. The van der Waals surface area contributed by atoms with Crippen LogP contribution in [-0.4, -0.2) is 196 Å². The zero-order chi connectivity index (χ0) is 24.3. The van der Waals surface area contributed by atoms with Crippen molar-refractivity contribution in [2.45, 2.75) is 61.0 Å². The molecule has 0 aromatic carbocycles. The minimum absolute atomic E-state index is 0. The molecule has 0 bridgehead atoms. The van der Waals surface area contributed by atoms with Crippen molar-refractivity contribution in [3.8, 4) is 0 Å². The van der Waals surface area contributed by atoms with Gasteiger partial charge in [0.2, 0.25) is 0 Å². The van der Waals surface area contributed by atoms with E-state index in [-0.39, 0.29) is 48.7 Å². The Morgan fingerprint density at radius 1 is 0.515 bits per heavy atom. The van der Waals surface area contributed by atoms with Gasteiger partial charge in [0.15, 0.2) is 0 Å². The summed E-state index contributed by atoms with van der Waals surface area (Å²) in [7, 11) is 0. The maximum atomic E-state index is 10.1. The largest absolute Gasteiger partial charge is 2.00 e. The van der Waals surface area contributed by atoms with Crippen LogP contribution in [-0.2, 0) is 9.59 Å². The minimum Gasteiger partial charge on any atom is -0.547 e. The van der Waals surface area contributed by atoms with Crippen LogP contribution in [0.2, 0.25) is 0 Å². The van der Waals surface area contributed by atoms with Crippen LogP contribution in [0, 0.1) is 0 Å². The number of hydrogen-bond donors (Lipinski definition) is 12. The molecule has 0 amide bonds. The van der Waals surface area contributed by atoms with Crippen LogP contribution >= 0.6 is 0 Å². The molecule has 19 heteroatoms. The summed E-state index contributed by atoms with van der Waals surface area (Å²) >= 11 is 0. The topological polar surface area (TPSA) is 386 Å². The predicted octanol–water partition coefficient (Wildman–Crippen LogP) is -13.0. The van der Waals surface area contributed by atoms with Crippen LogP contribution < -0.4 is 10.2 Å². The minimum atomic E-state index is -2.40. The molecular weight excluding hydrogens is 496 g/mol. The van der Waals surface area contributed by atoms with E-state index in [0.29, 0.717) is 0 Å². The standard InChI is InChI=1S/2C7H14O8.Ca.2H2O/c2*8-1-2(9)3(10)4(11)5(12)6(13)7(14)15;;;/h2*2-6,8-13H,1H2,(H,14,15);;2*1H2/q;;+2;;/p-2. The van der Waals surface area contributed by atoms with Crippen molar-refractivity contribution in [2.24, 2.45) is 0 Å². The molecule has 0 saturated carbocycles. The predicted molar refractivity (Wildman–Crippen MR) is 97.2 cm³/mol. The fraction of sp³-hybridized carbons (Fsp3) is 0.857. The Labute approximate surface area is 215 Å². The molecule has 0 saturated heterocycles. The van der Waals surface area contributed by atoms with Gasteiger partial charge in [0.1, 0.15) is 61.0 Å². The first-order chi connectivity index (χ1) is 13.6. The number of aliphatic carboxylic acids is 2. The first-order valence-electron chi connectivity index (χ1n) is 8.09. The van der Waals surface area contributed by atoms with Gasteiger partial charge in [0, 0.05) is 0 Å². The molecule has 10 unspecified atom stereocenters. The van der Waals surface area contributed by atoms with Crippen LogP contribution in [0.3, 0.4) is 0 Å². The average molecular weight is 526 g/mol. The third-order valence-electron chi connectivity index (χ3n) is 3.69. The first kappa shape index (κ1) is 42.8. The fourth-order valence-corrected chi connectivity index (χ4v) is 1.73. The van der Waals surface area contributed by atoms with Crippen LogP contribution in [0.4, 0.5) is 0 Å². The number of carbonyl (C=O) groups is 2. The van der Waals surface area contributed by atoms with Gasteiger partial charge in [-0.3, -0.25) is 0 Å². The van der Waals surface area contributed by atoms with Crippen molar-refractivity contribution in [3.63, 3.8) is 0 Å². The molecule has 0 spiro atoms. The van der Waals surface area contributed by atoms with E-state index < -0.39 is 86.2 Å². The van der Waals surface area contributed by atoms with E-state index in [2.05, 4.69) is 0 Å². The Morgan fingerprint density at radius 2 is 0.727 bits per heavy atom. The second-order valence-corrected chi connectivity index (χ2v) is 5.97. The number of aliphatic hydroxyl groups excluding tert-OH is 12. The van der Waals surface area contributed by atoms with Gasteiger partial charge in [-0.05, 0) is 0 Å². The first-order valence-corrected chi connectivity index (χ1v) is 8.09. The van der Waals surface area contributed by atoms with Crippen molar-refractivity contribution in [1.29, 1.82) is 0 Å². The molecule has 196 valence electrons. The van der Waals surface area contributed by atoms with E-state index in [4.69, 9.17) is 61.3 Å². The maximum absolute atomic E-state index is 10.1. The zero-order valence-corrected chi connectivity index (χ0v) is 19.1. The third kappa shape index (κ3) is 14.6. The quantitative estimate of drug-likeness (QED) is 0.105. The van der Waals surface area contributed by atoms with Gasteiger partial charge in [0.25, 0.3) is 0 Å². The molecule has 0 heterocycles. The van der Waals surface area contributed by atoms with Crippen LogP contribution in [0.5, 0.6) is 0 Å². The van der Waals surface area contributed by atoms with Gasteiger partial charge >= 0.3 is 37.7 Å². The normalized spacial score (nSPS) is 19.5. The molecule has 33 heavy (non-hydrogen) atoms. The maximum Gasteiger partial charge on any atom is 2.00 e. The summed E-state index contributed by atoms with van der Waals surface area (Å²) in [4.78, 5) is 20.2. The summed E-state index contributed by atoms with van der Waals surface area (Å²) in [6, 6.07) is 0. The zero-order valence-electron chi connectivity index (χ0n) is 16.9. The fourth-order valence-electron chi connectivity index (χ4n) is 1.73. The van der Waals surface area contributed by atoms with Gasteiger partial charge < -0.3 is 92.0 Å². The number of rotatable bonds is 12. The molecule has 0 aromatic heterocycles. The molecule has 10 atom stereocenters. The molecule has 16 N–H and O–H groups in total. The summed E-state index contributed by atoms with van der Waals surface area (Å²) in [5.41, 5.74) is 0. The molecule has 0 aromatic rings. The summed E-state index contributed by atoms with van der Waals surface area (Å²) < 4.78 is 0. The van der Waals surface area contributed by atoms with Gasteiger partial charge in [-0.25, -0.2) is 0 Å². The Kier molecular flexibility index (Phi) is 27.2. The molecule has 0 aliphatic heterocycles. The van der Waals surface area contributed by atoms with Crippen LogP contribution in [0.25, 0.3) is 0 Å². The molecular formula is C14H30CaO18. The molecule has 0 aliphatic rings. The smallest absolute Gasteiger partial charge is 0.547 e. The van der Waals surface area contributed by atoms with Crippen LogP contribution in [0.15, 0.2) is 0 Å². The Morgan fingerprint density at radius 3 is 0.879 bits per heavy atom. The van der Waals surface area contributed by atoms with Gasteiger partial charge in [-0.15, -0.1) is 0 Å².